The third kappa shape index (κ3) is 7.93. The minimum Gasteiger partial charge on any atom is -0.342 e. The molecular formula is C6H13O2P. The number of hydrogen-bond donors (Lipinski definition) is 1. The molecule has 3 heteroatoms. The lowest BCUT2D eigenvalue weighted by atomic mass is 10.2. The van der Waals surface area contributed by atoms with E-state index in [2.05, 4.69) is 0 Å². The fraction of sp³-hybridized carbons (Fsp3) is 0.667. The van der Waals surface area contributed by atoms with Gasteiger partial charge in [0.15, 0.2) is 0 Å². The molecule has 0 heterocycles. The van der Waals surface area contributed by atoms with E-state index in [4.69, 9.17) is 4.89 Å². The van der Waals surface area contributed by atoms with Crippen LogP contribution < -0.4 is 0 Å². The Hall–Kier alpha value is -0.0700. The molecule has 0 spiro atoms. The van der Waals surface area contributed by atoms with Crippen LogP contribution in [0.2, 0.25) is 0 Å². The van der Waals surface area contributed by atoms with E-state index < -0.39 is 7.37 Å². The van der Waals surface area contributed by atoms with Crippen molar-refractivity contribution < 1.29 is 9.46 Å². The fourth-order valence-electron chi connectivity index (χ4n) is 0.332. The third-order valence-electron chi connectivity index (χ3n) is 0.748. The van der Waals surface area contributed by atoms with Gasteiger partial charge in [-0.2, -0.15) is 0 Å². The molecule has 0 saturated carbocycles. The van der Waals surface area contributed by atoms with Gasteiger partial charge in [0, 0.05) is 6.66 Å². The van der Waals surface area contributed by atoms with Crippen LogP contribution in [0.1, 0.15) is 13.8 Å². The standard InChI is InChI=1S/C6H13O2P/c1-6(2)4-5-9(3,7)8/h4-6H,1-3H3,(H,7,8)/b5-4+. The lowest BCUT2D eigenvalue weighted by Gasteiger charge is -1.96. The summed E-state index contributed by atoms with van der Waals surface area (Å²) in [6, 6.07) is 0. The largest absolute Gasteiger partial charge is 0.342 e. The van der Waals surface area contributed by atoms with Crippen LogP contribution in [0.4, 0.5) is 0 Å². The van der Waals surface area contributed by atoms with Gasteiger partial charge in [0.2, 0.25) is 7.37 Å². The maximum Gasteiger partial charge on any atom is 0.219 e. The highest BCUT2D eigenvalue weighted by atomic mass is 31.2. The van der Waals surface area contributed by atoms with E-state index >= 15 is 0 Å². The van der Waals surface area contributed by atoms with Gasteiger partial charge in [-0.25, -0.2) is 0 Å². The van der Waals surface area contributed by atoms with Crippen molar-refractivity contribution in [1.82, 2.24) is 0 Å². The van der Waals surface area contributed by atoms with Crippen LogP contribution in [-0.4, -0.2) is 11.6 Å². The molecular weight excluding hydrogens is 135 g/mol. The summed E-state index contributed by atoms with van der Waals surface area (Å²) < 4.78 is 10.6. The summed E-state index contributed by atoms with van der Waals surface area (Å²) in [6.45, 7) is 5.25. The van der Waals surface area contributed by atoms with Crippen molar-refractivity contribution >= 4 is 7.37 Å². The molecule has 0 aromatic rings. The van der Waals surface area contributed by atoms with Crippen molar-refractivity contribution in [3.63, 3.8) is 0 Å². The Balaban J connectivity index is 3.87. The Labute approximate surface area is 56.0 Å². The van der Waals surface area contributed by atoms with E-state index in [-0.39, 0.29) is 0 Å². The van der Waals surface area contributed by atoms with Gasteiger partial charge >= 0.3 is 0 Å². The van der Waals surface area contributed by atoms with Crippen LogP contribution in [-0.2, 0) is 4.57 Å². The van der Waals surface area contributed by atoms with Gasteiger partial charge in [0.1, 0.15) is 0 Å². The monoisotopic (exact) mass is 148 g/mol. The maximum absolute atomic E-state index is 10.6. The molecule has 0 fully saturated rings. The molecule has 0 aromatic heterocycles. The molecule has 0 saturated heterocycles. The van der Waals surface area contributed by atoms with E-state index in [1.54, 1.807) is 6.08 Å². The second-order valence-corrected chi connectivity index (χ2v) is 4.71. The first-order valence-electron chi connectivity index (χ1n) is 2.91. The fourth-order valence-corrected chi connectivity index (χ4v) is 0.995. The molecule has 1 unspecified atom stereocenters. The van der Waals surface area contributed by atoms with Crippen LogP contribution in [0.3, 0.4) is 0 Å². The summed E-state index contributed by atoms with van der Waals surface area (Å²) in [5.41, 5.74) is 0. The van der Waals surface area contributed by atoms with Gasteiger partial charge < -0.3 is 4.89 Å². The van der Waals surface area contributed by atoms with Crippen LogP contribution in [0.25, 0.3) is 0 Å². The summed E-state index contributed by atoms with van der Waals surface area (Å²) in [7, 11) is -2.90. The van der Waals surface area contributed by atoms with Crippen LogP contribution in [0.15, 0.2) is 11.9 Å². The van der Waals surface area contributed by atoms with Crippen LogP contribution in [0, 0.1) is 5.92 Å². The van der Waals surface area contributed by atoms with E-state index in [9.17, 15) is 4.57 Å². The smallest absolute Gasteiger partial charge is 0.219 e. The highest BCUT2D eigenvalue weighted by Crippen LogP contribution is 2.36. The molecule has 2 nitrogen and oxygen atoms in total. The van der Waals surface area contributed by atoms with Crippen LogP contribution >= 0.6 is 7.37 Å². The van der Waals surface area contributed by atoms with Crippen molar-refractivity contribution in [3.8, 4) is 0 Å². The average molecular weight is 148 g/mol. The van der Waals surface area contributed by atoms with Gasteiger partial charge in [0.25, 0.3) is 0 Å². The Bertz CT molecular complexity index is 143. The van der Waals surface area contributed by atoms with Gasteiger partial charge in [-0.15, -0.1) is 0 Å². The highest BCUT2D eigenvalue weighted by molar-refractivity contribution is 7.60. The average Bonchev–Trinajstić information content (AvgIpc) is 1.59. The summed E-state index contributed by atoms with van der Waals surface area (Å²) in [4.78, 5) is 8.74. The van der Waals surface area contributed by atoms with E-state index in [0.717, 1.165) is 0 Å². The van der Waals surface area contributed by atoms with Crippen molar-refractivity contribution in [2.45, 2.75) is 13.8 Å². The summed E-state index contributed by atoms with van der Waals surface area (Å²) in [6.07, 6.45) is 1.74. The molecule has 54 valence electrons. The predicted octanol–water partition coefficient (Wildman–Crippen LogP) is 2.06. The molecule has 0 rings (SSSR count). The van der Waals surface area contributed by atoms with E-state index in [1.165, 1.54) is 12.5 Å². The summed E-state index contributed by atoms with van der Waals surface area (Å²) in [5, 5.41) is 0. The molecule has 0 aliphatic heterocycles. The molecule has 0 amide bonds. The second kappa shape index (κ2) is 3.19. The minimum absolute atomic E-state index is 0.352. The first-order chi connectivity index (χ1) is 3.92. The second-order valence-electron chi connectivity index (χ2n) is 2.53. The molecule has 1 atom stereocenters. The molecule has 1 N–H and O–H groups in total. The molecule has 0 bridgehead atoms. The molecule has 0 aromatic carbocycles. The number of allylic oxidation sites excluding steroid dienone is 1. The maximum atomic E-state index is 10.6. The predicted molar refractivity (Wildman–Crippen MR) is 39.7 cm³/mol. The van der Waals surface area contributed by atoms with E-state index in [0.29, 0.717) is 5.92 Å². The lowest BCUT2D eigenvalue weighted by molar-refractivity contribution is 0.495. The highest BCUT2D eigenvalue weighted by Gasteiger charge is 2.01. The minimum atomic E-state index is -2.90. The normalized spacial score (nSPS) is 18.8. The Morgan fingerprint density at radius 3 is 2.11 bits per heavy atom. The number of hydrogen-bond acceptors (Lipinski definition) is 1. The zero-order valence-corrected chi connectivity index (χ0v) is 6.93. The SMILES string of the molecule is CC(C)/C=C/P(C)(=O)O. The lowest BCUT2D eigenvalue weighted by Crippen LogP contribution is -1.77. The topological polar surface area (TPSA) is 37.3 Å². The van der Waals surface area contributed by atoms with Gasteiger partial charge in [-0.1, -0.05) is 19.9 Å². The Morgan fingerprint density at radius 1 is 1.56 bits per heavy atom. The molecule has 9 heavy (non-hydrogen) atoms. The van der Waals surface area contributed by atoms with E-state index in [1.807, 2.05) is 13.8 Å². The Morgan fingerprint density at radius 2 is 2.00 bits per heavy atom. The van der Waals surface area contributed by atoms with Crippen molar-refractivity contribution in [1.29, 1.82) is 0 Å². The first-order valence-corrected chi connectivity index (χ1v) is 5.09. The summed E-state index contributed by atoms with van der Waals surface area (Å²) >= 11 is 0. The van der Waals surface area contributed by atoms with Crippen molar-refractivity contribution in [2.75, 3.05) is 6.66 Å². The van der Waals surface area contributed by atoms with Gasteiger partial charge in [-0.3, -0.25) is 4.57 Å². The first kappa shape index (κ1) is 8.93. The van der Waals surface area contributed by atoms with Crippen LogP contribution in [0.5, 0.6) is 0 Å². The van der Waals surface area contributed by atoms with Gasteiger partial charge in [0.05, 0.1) is 0 Å². The van der Waals surface area contributed by atoms with Crippen molar-refractivity contribution in [2.24, 2.45) is 5.92 Å². The Kier molecular flexibility index (Phi) is 3.16. The van der Waals surface area contributed by atoms with Crippen molar-refractivity contribution in [3.05, 3.63) is 11.9 Å². The molecule has 0 aliphatic carbocycles. The summed E-state index contributed by atoms with van der Waals surface area (Å²) in [5.74, 6) is 1.72. The third-order valence-corrected chi connectivity index (χ3v) is 1.47. The molecule has 0 aliphatic rings. The zero-order valence-electron chi connectivity index (χ0n) is 6.03. The quantitative estimate of drug-likeness (QED) is 0.608. The molecule has 0 radical (unpaired) electrons. The van der Waals surface area contributed by atoms with Gasteiger partial charge in [-0.05, 0) is 11.7 Å². The number of rotatable bonds is 2. The zero-order chi connectivity index (χ0) is 7.49.